The third-order valence-corrected chi connectivity index (χ3v) is 5.87. The first-order valence-corrected chi connectivity index (χ1v) is 10.6. The molecule has 1 N–H and O–H groups in total. The van der Waals surface area contributed by atoms with Gasteiger partial charge in [0.25, 0.3) is 11.8 Å². The first kappa shape index (κ1) is 21.2. The minimum Gasteiger partial charge on any atom is -0.350 e. The highest BCUT2D eigenvalue weighted by Gasteiger charge is 2.38. The molecule has 2 amide bonds. The fourth-order valence-corrected chi connectivity index (χ4v) is 3.78. The van der Waals surface area contributed by atoms with Gasteiger partial charge in [0.15, 0.2) is 0 Å². The summed E-state index contributed by atoms with van der Waals surface area (Å²) in [5.41, 5.74) is 3.89. The van der Waals surface area contributed by atoms with E-state index < -0.39 is 0 Å². The minimum atomic E-state index is -0.352. The van der Waals surface area contributed by atoms with E-state index in [0.29, 0.717) is 33.3 Å². The van der Waals surface area contributed by atoms with Gasteiger partial charge in [-0.05, 0) is 54.3 Å². The summed E-state index contributed by atoms with van der Waals surface area (Å²) >= 11 is 12.2. The molecular weight excluding hydrogens is 431 g/mol. The molecule has 1 heterocycles. The van der Waals surface area contributed by atoms with E-state index in [0.717, 1.165) is 11.1 Å². The van der Waals surface area contributed by atoms with Gasteiger partial charge in [0.05, 0.1) is 5.57 Å². The van der Waals surface area contributed by atoms with Gasteiger partial charge in [-0.3, -0.25) is 14.5 Å². The van der Waals surface area contributed by atoms with E-state index in [1.54, 1.807) is 18.2 Å². The number of nitrogens with zero attached hydrogens (tertiary/aromatic N) is 1. The Morgan fingerprint density at radius 2 is 1.58 bits per heavy atom. The van der Waals surface area contributed by atoms with Crippen LogP contribution in [-0.2, 0) is 16.0 Å². The average Bonchev–Trinajstić information content (AvgIpc) is 3.00. The number of amides is 2. The van der Waals surface area contributed by atoms with Crippen molar-refractivity contribution in [2.45, 2.75) is 13.3 Å². The monoisotopic (exact) mass is 450 g/mol. The fraction of sp³-hybridized carbons (Fsp3) is 0.120. The second-order valence-corrected chi connectivity index (χ2v) is 8.19. The van der Waals surface area contributed by atoms with Crippen molar-refractivity contribution < 1.29 is 9.59 Å². The molecule has 3 aromatic rings. The molecule has 1 aliphatic rings. The smallest absolute Gasteiger partial charge is 0.278 e. The number of carbonyl (C=O) groups excluding carboxylic acids is 2. The van der Waals surface area contributed by atoms with E-state index in [4.69, 9.17) is 23.2 Å². The van der Waals surface area contributed by atoms with E-state index in [1.165, 1.54) is 4.90 Å². The number of imide groups is 1. The molecule has 4 rings (SSSR count). The zero-order valence-electron chi connectivity index (χ0n) is 16.9. The van der Waals surface area contributed by atoms with Gasteiger partial charge in [0.1, 0.15) is 5.70 Å². The molecule has 0 fully saturated rings. The lowest BCUT2D eigenvalue weighted by Gasteiger charge is -2.15. The van der Waals surface area contributed by atoms with Crippen molar-refractivity contribution in [2.75, 3.05) is 11.9 Å². The number of nitrogens with one attached hydrogen (secondary N) is 1. The van der Waals surface area contributed by atoms with Gasteiger partial charge in [-0.25, -0.2) is 0 Å². The molecule has 0 aromatic heterocycles. The summed E-state index contributed by atoms with van der Waals surface area (Å²) in [4.78, 5) is 27.8. The Morgan fingerprint density at radius 3 is 2.26 bits per heavy atom. The number of carbonyl (C=O) groups is 2. The molecule has 0 saturated carbocycles. The van der Waals surface area contributed by atoms with Gasteiger partial charge < -0.3 is 5.32 Å². The topological polar surface area (TPSA) is 49.4 Å². The number of anilines is 1. The van der Waals surface area contributed by atoms with Crippen LogP contribution in [0.5, 0.6) is 0 Å². The van der Waals surface area contributed by atoms with Crippen LogP contribution in [0.25, 0.3) is 5.57 Å². The Balaban J connectivity index is 1.65. The lowest BCUT2D eigenvalue weighted by molar-refractivity contribution is -0.136. The van der Waals surface area contributed by atoms with E-state index in [1.807, 2.05) is 61.5 Å². The second-order valence-electron chi connectivity index (χ2n) is 7.34. The van der Waals surface area contributed by atoms with Crippen molar-refractivity contribution in [3.8, 4) is 0 Å². The van der Waals surface area contributed by atoms with Crippen LogP contribution in [0.1, 0.15) is 16.7 Å². The lowest BCUT2D eigenvalue weighted by Crippen LogP contribution is -2.34. The van der Waals surface area contributed by atoms with Crippen LogP contribution in [0, 0.1) is 6.92 Å². The van der Waals surface area contributed by atoms with Gasteiger partial charge in [-0.2, -0.15) is 0 Å². The maximum atomic E-state index is 13.3. The fourth-order valence-electron chi connectivity index (χ4n) is 3.47. The van der Waals surface area contributed by atoms with Crippen molar-refractivity contribution in [3.05, 3.63) is 105 Å². The molecule has 0 atom stereocenters. The van der Waals surface area contributed by atoms with Crippen molar-refractivity contribution in [3.63, 3.8) is 0 Å². The number of hydrogen-bond acceptors (Lipinski definition) is 3. The van der Waals surface area contributed by atoms with Crippen LogP contribution in [0.4, 0.5) is 5.69 Å². The summed E-state index contributed by atoms with van der Waals surface area (Å²) < 4.78 is 0. The normalized spacial score (nSPS) is 13.8. The van der Waals surface area contributed by atoms with E-state index in [9.17, 15) is 9.59 Å². The SMILES string of the molecule is Cc1ccc(NC2=C(c3ccccc3)C(=O)N(CCc3ccc(Cl)cc3)C2=O)cc1Cl. The van der Waals surface area contributed by atoms with Crippen LogP contribution >= 0.6 is 23.2 Å². The van der Waals surface area contributed by atoms with Crippen LogP contribution in [0.15, 0.2) is 78.5 Å². The van der Waals surface area contributed by atoms with E-state index in [2.05, 4.69) is 5.32 Å². The molecule has 0 unspecified atom stereocenters. The summed E-state index contributed by atoms with van der Waals surface area (Å²) in [5.74, 6) is -0.666. The predicted octanol–water partition coefficient (Wildman–Crippen LogP) is 5.74. The molecule has 1 aliphatic heterocycles. The summed E-state index contributed by atoms with van der Waals surface area (Å²) in [6, 6.07) is 22.1. The third-order valence-electron chi connectivity index (χ3n) is 5.21. The molecule has 0 spiro atoms. The molecule has 0 bridgehead atoms. The Kier molecular flexibility index (Phi) is 6.12. The van der Waals surface area contributed by atoms with Crippen LogP contribution in [0.3, 0.4) is 0 Å². The largest absolute Gasteiger partial charge is 0.350 e. The van der Waals surface area contributed by atoms with Gasteiger partial charge in [-0.15, -0.1) is 0 Å². The van der Waals surface area contributed by atoms with Crippen molar-refractivity contribution in [2.24, 2.45) is 0 Å². The average molecular weight is 451 g/mol. The van der Waals surface area contributed by atoms with E-state index >= 15 is 0 Å². The molecule has 31 heavy (non-hydrogen) atoms. The first-order chi connectivity index (χ1) is 14.9. The molecule has 156 valence electrons. The second kappa shape index (κ2) is 8.96. The molecule has 3 aromatic carbocycles. The highest BCUT2D eigenvalue weighted by molar-refractivity contribution is 6.36. The number of halogens is 2. The van der Waals surface area contributed by atoms with Crippen molar-refractivity contribution >= 4 is 46.3 Å². The predicted molar refractivity (Wildman–Crippen MR) is 125 cm³/mol. The first-order valence-electron chi connectivity index (χ1n) is 9.87. The van der Waals surface area contributed by atoms with Crippen molar-refractivity contribution in [1.29, 1.82) is 0 Å². The Hall–Kier alpha value is -3.08. The zero-order valence-corrected chi connectivity index (χ0v) is 18.4. The van der Waals surface area contributed by atoms with Gasteiger partial charge in [0.2, 0.25) is 0 Å². The summed E-state index contributed by atoms with van der Waals surface area (Å²) in [6.07, 6.45) is 0.542. The molecule has 4 nitrogen and oxygen atoms in total. The molecule has 0 aliphatic carbocycles. The standard InChI is InChI=1S/C25H20Cl2N2O2/c1-16-7-12-20(15-21(16)27)28-23-22(18-5-3-2-4-6-18)24(30)29(25(23)31)14-13-17-8-10-19(26)11-9-17/h2-12,15,28H,13-14H2,1H3. The minimum absolute atomic E-state index is 0.257. The number of hydrogen-bond donors (Lipinski definition) is 1. The maximum absolute atomic E-state index is 13.3. The van der Waals surface area contributed by atoms with E-state index in [-0.39, 0.29) is 24.1 Å². The van der Waals surface area contributed by atoms with Gasteiger partial charge in [-0.1, -0.05) is 71.7 Å². The highest BCUT2D eigenvalue weighted by atomic mass is 35.5. The number of aryl methyl sites for hydroxylation is 1. The van der Waals surface area contributed by atoms with Crippen LogP contribution in [-0.4, -0.2) is 23.3 Å². The summed E-state index contributed by atoms with van der Waals surface area (Å²) in [6.45, 7) is 2.18. The number of rotatable bonds is 6. The quantitative estimate of drug-likeness (QED) is 0.487. The van der Waals surface area contributed by atoms with Crippen LogP contribution < -0.4 is 5.32 Å². The Bertz CT molecular complexity index is 1170. The Labute approximate surface area is 191 Å². The lowest BCUT2D eigenvalue weighted by atomic mass is 10.0. The van der Waals surface area contributed by atoms with Gasteiger partial charge in [0, 0.05) is 22.3 Å². The maximum Gasteiger partial charge on any atom is 0.278 e. The summed E-state index contributed by atoms with van der Waals surface area (Å²) in [5, 5.41) is 4.37. The Morgan fingerprint density at radius 1 is 0.871 bits per heavy atom. The molecule has 6 heteroatoms. The zero-order chi connectivity index (χ0) is 22.0. The highest BCUT2D eigenvalue weighted by Crippen LogP contribution is 2.31. The van der Waals surface area contributed by atoms with Gasteiger partial charge >= 0.3 is 0 Å². The van der Waals surface area contributed by atoms with Crippen LogP contribution in [0.2, 0.25) is 10.0 Å². The summed E-state index contributed by atoms with van der Waals surface area (Å²) in [7, 11) is 0. The molecular formula is C25H20Cl2N2O2. The molecule has 0 radical (unpaired) electrons. The van der Waals surface area contributed by atoms with Crippen molar-refractivity contribution in [1.82, 2.24) is 4.90 Å². The third kappa shape index (κ3) is 4.50. The molecule has 0 saturated heterocycles. The number of benzene rings is 3.